The number of carbonyl (C=O) groups is 1. The van der Waals surface area contributed by atoms with Gasteiger partial charge >= 0.3 is 5.97 Å². The average molecular weight is 325 g/mol. The van der Waals surface area contributed by atoms with Gasteiger partial charge in [0.25, 0.3) is 0 Å². The normalized spacial score (nSPS) is 17.1. The molecule has 0 amide bonds. The first kappa shape index (κ1) is 17.2. The fraction of sp³-hybridized carbons (Fsp3) is 0.500. The monoisotopic (exact) mass is 325 g/mol. The minimum atomic E-state index is -1.36. The Bertz CT molecular complexity index is 707. The Labute approximate surface area is 133 Å². The molecule has 1 aromatic heterocycles. The molecule has 0 saturated carbocycles. The Morgan fingerprint density at radius 1 is 1.48 bits per heavy atom. The molecule has 0 spiro atoms. The number of hydrogen-bond donors (Lipinski definition) is 1. The largest absolute Gasteiger partial charge is 0.495 e. The number of allylic oxidation sites excluding steroid dienone is 1. The van der Waals surface area contributed by atoms with Crippen LogP contribution in [0.4, 0.5) is 4.39 Å². The van der Waals surface area contributed by atoms with Gasteiger partial charge in [-0.25, -0.2) is 9.18 Å². The van der Waals surface area contributed by atoms with Crippen LogP contribution >= 0.6 is 0 Å². The van der Waals surface area contributed by atoms with Crippen molar-refractivity contribution in [3.63, 3.8) is 0 Å². The van der Waals surface area contributed by atoms with Gasteiger partial charge in [0.05, 0.1) is 12.8 Å². The molecule has 23 heavy (non-hydrogen) atoms. The quantitative estimate of drug-likeness (QED) is 0.808. The lowest BCUT2D eigenvalue weighted by Gasteiger charge is -2.26. The van der Waals surface area contributed by atoms with Crippen LogP contribution in [0, 0.1) is 0 Å². The lowest BCUT2D eigenvalue weighted by molar-refractivity contribution is 0.0694. The molecule has 0 aromatic carbocycles. The van der Waals surface area contributed by atoms with E-state index < -0.39 is 17.6 Å². The predicted molar refractivity (Wildman–Crippen MR) is 82.4 cm³/mol. The lowest BCUT2D eigenvalue weighted by atomic mass is 9.91. The van der Waals surface area contributed by atoms with Crippen LogP contribution in [-0.4, -0.2) is 42.6 Å². The fourth-order valence-electron chi connectivity index (χ4n) is 2.81. The van der Waals surface area contributed by atoms with E-state index in [4.69, 9.17) is 9.47 Å². The number of carboxylic acid groups (broad SMARTS) is 1. The van der Waals surface area contributed by atoms with E-state index in [-0.39, 0.29) is 17.5 Å². The summed E-state index contributed by atoms with van der Waals surface area (Å²) in [4.78, 5) is 23.7. The van der Waals surface area contributed by atoms with Crippen LogP contribution in [-0.2, 0) is 22.4 Å². The Balaban J connectivity index is 2.68. The number of aromatic carboxylic acids is 1. The third-order valence-electron chi connectivity index (χ3n) is 3.99. The number of rotatable bonds is 6. The second kappa shape index (κ2) is 6.95. The zero-order valence-electron chi connectivity index (χ0n) is 13.4. The Hall–Kier alpha value is -2.15. The van der Waals surface area contributed by atoms with E-state index in [2.05, 4.69) is 0 Å². The summed E-state index contributed by atoms with van der Waals surface area (Å²) < 4.78 is 26.1. The van der Waals surface area contributed by atoms with Crippen molar-refractivity contribution in [2.24, 2.45) is 0 Å². The van der Waals surface area contributed by atoms with Gasteiger partial charge in [-0.15, -0.1) is 0 Å². The number of aromatic nitrogens is 1. The Morgan fingerprint density at radius 2 is 2.17 bits per heavy atom. The molecule has 7 heteroatoms. The maximum atomic E-state index is 14.2. The van der Waals surface area contributed by atoms with Gasteiger partial charge in [-0.2, -0.15) is 0 Å². The van der Waals surface area contributed by atoms with Gasteiger partial charge in [-0.1, -0.05) is 0 Å². The topological polar surface area (TPSA) is 77.8 Å². The highest BCUT2D eigenvalue weighted by Gasteiger charge is 2.31. The second-order valence-corrected chi connectivity index (χ2v) is 5.43. The molecule has 6 nitrogen and oxygen atoms in total. The molecule has 1 unspecified atom stereocenters. The van der Waals surface area contributed by atoms with E-state index in [0.717, 1.165) is 0 Å². The summed E-state index contributed by atoms with van der Waals surface area (Å²) in [6.07, 6.45) is 0.420. The maximum Gasteiger partial charge on any atom is 0.341 e. The van der Waals surface area contributed by atoms with Crippen LogP contribution < -0.4 is 5.43 Å². The molecule has 1 N–H and O–H groups in total. The number of alkyl halides is 1. The van der Waals surface area contributed by atoms with Crippen molar-refractivity contribution in [1.29, 1.82) is 0 Å². The van der Waals surface area contributed by atoms with Crippen LogP contribution in [0.25, 0.3) is 5.76 Å². The van der Waals surface area contributed by atoms with Crippen molar-refractivity contribution in [3.05, 3.63) is 38.8 Å². The average Bonchev–Trinajstić information content (AvgIpc) is 2.51. The molecular formula is C16H20FNO5. The second-order valence-electron chi connectivity index (χ2n) is 5.43. The highest BCUT2D eigenvalue weighted by atomic mass is 19.1. The number of carboxylic acids is 1. The van der Waals surface area contributed by atoms with Crippen LogP contribution in [0.1, 0.15) is 35.0 Å². The highest BCUT2D eigenvalue weighted by Crippen LogP contribution is 2.32. The Morgan fingerprint density at radius 3 is 2.74 bits per heavy atom. The molecule has 1 atom stereocenters. The number of methoxy groups -OCH3 is 2. The minimum absolute atomic E-state index is 0.141. The summed E-state index contributed by atoms with van der Waals surface area (Å²) in [5, 5.41) is 9.23. The van der Waals surface area contributed by atoms with Crippen molar-refractivity contribution in [3.8, 4) is 0 Å². The van der Waals surface area contributed by atoms with Gasteiger partial charge in [0.2, 0.25) is 0 Å². The highest BCUT2D eigenvalue weighted by molar-refractivity contribution is 5.88. The van der Waals surface area contributed by atoms with Gasteiger partial charge < -0.3 is 19.1 Å². The first-order valence-corrected chi connectivity index (χ1v) is 7.30. The van der Waals surface area contributed by atoms with Gasteiger partial charge in [0, 0.05) is 44.0 Å². The standard InChI is InChI=1S/C16H20FNO5/c1-9-12(17)7-10-13(15(9)23-3)18(5-4-6-22-2)8-11(14(10)19)16(20)21/h8,12H,4-7H2,1-3H3,(H,20,21). The Kier molecular flexibility index (Phi) is 5.20. The number of aryl methyl sites for hydroxylation is 1. The minimum Gasteiger partial charge on any atom is -0.495 e. The summed E-state index contributed by atoms with van der Waals surface area (Å²) in [6.45, 7) is 2.54. The first-order chi connectivity index (χ1) is 10.9. The van der Waals surface area contributed by atoms with E-state index in [0.29, 0.717) is 36.6 Å². The van der Waals surface area contributed by atoms with Crippen molar-refractivity contribution >= 4 is 11.7 Å². The molecule has 1 aromatic rings. The van der Waals surface area contributed by atoms with Crippen LogP contribution in [0.3, 0.4) is 0 Å². The van der Waals surface area contributed by atoms with Gasteiger partial charge in [0.15, 0.2) is 5.43 Å². The summed E-state index contributed by atoms with van der Waals surface area (Å²) >= 11 is 0. The molecule has 0 bridgehead atoms. The number of pyridine rings is 1. The fourth-order valence-corrected chi connectivity index (χ4v) is 2.81. The third kappa shape index (κ3) is 3.14. The molecule has 1 heterocycles. The van der Waals surface area contributed by atoms with Crippen molar-refractivity contribution in [1.82, 2.24) is 4.57 Å². The van der Waals surface area contributed by atoms with E-state index in [1.165, 1.54) is 13.3 Å². The smallest absolute Gasteiger partial charge is 0.341 e. The van der Waals surface area contributed by atoms with Gasteiger partial charge in [0.1, 0.15) is 17.5 Å². The number of ether oxygens (including phenoxy) is 2. The van der Waals surface area contributed by atoms with Crippen molar-refractivity contribution < 1.29 is 23.8 Å². The van der Waals surface area contributed by atoms with E-state index in [9.17, 15) is 19.1 Å². The molecule has 0 fully saturated rings. The summed E-state index contributed by atoms with van der Waals surface area (Å²) in [7, 11) is 2.98. The van der Waals surface area contributed by atoms with Crippen LogP contribution in [0.5, 0.6) is 0 Å². The predicted octanol–water partition coefficient (Wildman–Crippen LogP) is 1.85. The zero-order valence-corrected chi connectivity index (χ0v) is 13.4. The molecule has 0 radical (unpaired) electrons. The lowest BCUT2D eigenvalue weighted by Crippen LogP contribution is -2.31. The van der Waals surface area contributed by atoms with E-state index in [1.807, 2.05) is 0 Å². The number of hydrogen-bond acceptors (Lipinski definition) is 4. The maximum absolute atomic E-state index is 14.2. The summed E-state index contributed by atoms with van der Waals surface area (Å²) in [6, 6.07) is 0. The molecule has 1 aliphatic rings. The van der Waals surface area contributed by atoms with Crippen molar-refractivity contribution in [2.45, 2.75) is 32.5 Å². The molecular weight excluding hydrogens is 305 g/mol. The molecule has 0 aliphatic heterocycles. The van der Waals surface area contributed by atoms with Gasteiger partial charge in [-0.3, -0.25) is 4.79 Å². The van der Waals surface area contributed by atoms with Crippen molar-refractivity contribution in [2.75, 3.05) is 20.8 Å². The number of fused-ring (bicyclic) bond motifs is 1. The molecule has 1 aliphatic carbocycles. The SMILES string of the molecule is COCCCn1cc(C(=O)O)c(=O)c2c1C(OC)=C(C)C(F)C2. The van der Waals surface area contributed by atoms with E-state index >= 15 is 0 Å². The molecule has 0 saturated heterocycles. The van der Waals surface area contributed by atoms with E-state index in [1.54, 1.807) is 18.6 Å². The van der Waals surface area contributed by atoms with Crippen LogP contribution in [0.15, 0.2) is 16.6 Å². The summed E-state index contributed by atoms with van der Waals surface area (Å²) in [5.41, 5.74) is 0.00815. The number of nitrogens with zero attached hydrogens (tertiary/aromatic N) is 1. The first-order valence-electron chi connectivity index (χ1n) is 7.30. The van der Waals surface area contributed by atoms with Crippen LogP contribution in [0.2, 0.25) is 0 Å². The number of halogens is 1. The molecule has 2 rings (SSSR count). The third-order valence-corrected chi connectivity index (χ3v) is 3.99. The zero-order chi connectivity index (χ0) is 17.1. The molecule has 126 valence electrons. The van der Waals surface area contributed by atoms with Gasteiger partial charge in [-0.05, 0) is 13.3 Å². The summed E-state index contributed by atoms with van der Waals surface area (Å²) in [5.74, 6) is -1.02.